The summed E-state index contributed by atoms with van der Waals surface area (Å²) in [5.74, 6) is 1.53. The highest BCUT2D eigenvalue weighted by molar-refractivity contribution is 5.94. The van der Waals surface area contributed by atoms with Crippen molar-refractivity contribution in [3.8, 4) is 0 Å². The number of carbonyl (C=O) groups is 1. The van der Waals surface area contributed by atoms with Gasteiger partial charge in [-0.15, -0.1) is 10.2 Å². The largest absolute Gasteiger partial charge is 0.382 e. The Balaban J connectivity index is 1.35. The van der Waals surface area contributed by atoms with Gasteiger partial charge in [-0.05, 0) is 61.5 Å². The lowest BCUT2D eigenvalue weighted by atomic mass is 9.50. The number of aromatic nitrogens is 4. The van der Waals surface area contributed by atoms with E-state index in [9.17, 15) is 4.79 Å². The smallest absolute Gasteiger partial charge is 0.264 e. The second kappa shape index (κ2) is 5.50. The van der Waals surface area contributed by atoms with E-state index < -0.39 is 6.10 Å². The van der Waals surface area contributed by atoms with E-state index in [0.717, 1.165) is 37.8 Å². The summed E-state index contributed by atoms with van der Waals surface area (Å²) in [6, 6.07) is 0. The predicted molar refractivity (Wildman–Crippen MR) is 93.1 cm³/mol. The summed E-state index contributed by atoms with van der Waals surface area (Å²) in [6.07, 6.45) is 8.07. The molecule has 4 aliphatic carbocycles. The zero-order valence-corrected chi connectivity index (χ0v) is 15.4. The van der Waals surface area contributed by atoms with Crippen molar-refractivity contribution in [1.29, 1.82) is 0 Å². The minimum atomic E-state index is -0.485. The van der Waals surface area contributed by atoms with Gasteiger partial charge in [0.25, 0.3) is 5.91 Å². The van der Waals surface area contributed by atoms with Crippen LogP contribution in [0.15, 0.2) is 11.5 Å². The molecule has 0 radical (unpaired) electrons. The van der Waals surface area contributed by atoms with E-state index in [-0.39, 0.29) is 17.0 Å². The highest BCUT2D eigenvalue weighted by atomic mass is 16.6. The summed E-state index contributed by atoms with van der Waals surface area (Å²) in [4.78, 5) is 20.2. The van der Waals surface area contributed by atoms with E-state index in [2.05, 4.69) is 39.7 Å². The van der Waals surface area contributed by atoms with Crippen LogP contribution in [-0.4, -0.2) is 43.5 Å². The fraction of sp³-hybridized carbons (Fsp3) is 0.833. The first-order valence-corrected chi connectivity index (χ1v) is 9.75. The van der Waals surface area contributed by atoms with E-state index >= 15 is 0 Å². The molecule has 4 bridgehead atoms. The molecular weight excluding hydrogens is 332 g/mol. The second-order valence-corrected chi connectivity index (χ2v) is 9.22. The van der Waals surface area contributed by atoms with Crippen LogP contribution in [-0.2, 0) is 15.2 Å². The second-order valence-electron chi connectivity index (χ2n) is 9.22. The van der Waals surface area contributed by atoms with Crippen molar-refractivity contribution in [1.82, 2.24) is 25.5 Å². The van der Waals surface area contributed by atoms with Crippen molar-refractivity contribution in [3.63, 3.8) is 0 Å². The van der Waals surface area contributed by atoms with Gasteiger partial charge in [0.2, 0.25) is 6.10 Å². The molecule has 5 aliphatic rings. The number of carbonyl (C=O) groups excluding carboxylic acids is 1. The molecule has 4 saturated carbocycles. The first-order chi connectivity index (χ1) is 12.5. The highest BCUT2D eigenvalue weighted by Gasteiger charge is 2.60. The Labute approximate surface area is 152 Å². The van der Waals surface area contributed by atoms with Crippen LogP contribution < -0.4 is 5.32 Å². The molecule has 0 spiro atoms. The van der Waals surface area contributed by atoms with Gasteiger partial charge in [0, 0.05) is 12.0 Å². The Bertz CT molecular complexity index is 729. The van der Waals surface area contributed by atoms with Gasteiger partial charge in [-0.25, -0.2) is 0 Å². The van der Waals surface area contributed by atoms with E-state index in [1.54, 1.807) is 0 Å². The number of amides is 1. The molecule has 0 saturated heterocycles. The van der Waals surface area contributed by atoms with Crippen molar-refractivity contribution >= 4 is 11.6 Å². The van der Waals surface area contributed by atoms with Gasteiger partial charge < -0.3 is 10.2 Å². The lowest BCUT2D eigenvalue weighted by Crippen LogP contribution is -2.67. The minimum absolute atomic E-state index is 0.0203. The zero-order chi connectivity index (χ0) is 17.9. The summed E-state index contributed by atoms with van der Waals surface area (Å²) in [5.41, 5.74) is 0.710. The van der Waals surface area contributed by atoms with E-state index in [4.69, 9.17) is 4.84 Å². The quantitative estimate of drug-likeness (QED) is 0.883. The number of nitrogens with one attached hydrogen (secondary N) is 1. The maximum absolute atomic E-state index is 12.9. The number of hydrogen-bond donors (Lipinski definition) is 1. The van der Waals surface area contributed by atoms with Gasteiger partial charge in [0.15, 0.2) is 6.33 Å². The molecule has 8 nitrogen and oxygen atoms in total. The van der Waals surface area contributed by atoms with Crippen molar-refractivity contribution in [2.75, 3.05) is 0 Å². The maximum atomic E-state index is 12.9. The van der Waals surface area contributed by atoms with Gasteiger partial charge in [0.1, 0.15) is 0 Å². The zero-order valence-electron chi connectivity index (χ0n) is 15.4. The van der Waals surface area contributed by atoms with Crippen LogP contribution in [0.5, 0.6) is 0 Å². The average Bonchev–Trinajstić information content (AvgIpc) is 3.26. The van der Waals surface area contributed by atoms with Crippen molar-refractivity contribution < 1.29 is 9.63 Å². The Morgan fingerprint density at radius 2 is 2.08 bits per heavy atom. The van der Waals surface area contributed by atoms with Gasteiger partial charge in [0.05, 0.1) is 11.3 Å². The molecule has 140 valence electrons. The lowest BCUT2D eigenvalue weighted by molar-refractivity contribution is -0.140. The highest BCUT2D eigenvalue weighted by Crippen LogP contribution is 2.60. The summed E-state index contributed by atoms with van der Waals surface area (Å²) in [7, 11) is 0. The van der Waals surface area contributed by atoms with Crippen LogP contribution in [0.2, 0.25) is 0 Å². The molecule has 8 heteroatoms. The number of nitrogens with zero attached hydrogens (tertiary/aromatic N) is 5. The molecule has 4 fully saturated rings. The summed E-state index contributed by atoms with van der Waals surface area (Å²) >= 11 is 0. The van der Waals surface area contributed by atoms with Gasteiger partial charge in [-0.1, -0.05) is 19.0 Å². The van der Waals surface area contributed by atoms with Crippen LogP contribution in [0, 0.1) is 17.8 Å². The number of tetrazole rings is 1. The van der Waals surface area contributed by atoms with Crippen molar-refractivity contribution in [2.24, 2.45) is 22.9 Å². The van der Waals surface area contributed by atoms with Crippen LogP contribution in [0.4, 0.5) is 0 Å². The molecule has 1 aliphatic heterocycles. The maximum Gasteiger partial charge on any atom is 0.264 e. The third-order valence-electron chi connectivity index (χ3n) is 6.84. The molecule has 6 rings (SSSR count). The van der Waals surface area contributed by atoms with E-state index in [1.807, 2.05) is 4.80 Å². The molecule has 26 heavy (non-hydrogen) atoms. The molecule has 1 amide bonds. The molecule has 2 heterocycles. The molecule has 1 N–H and O–H groups in total. The SMILES string of the molecule is CC(C)C1=NOC(C(=O)NC23CC4CC(C2)CC(n2ncnn2)(C4)C3)C1. The van der Waals surface area contributed by atoms with Crippen LogP contribution in [0.25, 0.3) is 0 Å². The predicted octanol–water partition coefficient (Wildman–Crippen LogP) is 1.64. The van der Waals surface area contributed by atoms with Gasteiger partial charge in [-0.3, -0.25) is 4.79 Å². The molecule has 0 aromatic carbocycles. The van der Waals surface area contributed by atoms with Gasteiger partial charge >= 0.3 is 0 Å². The molecular formula is C18H26N6O2. The first kappa shape index (κ1) is 16.2. The van der Waals surface area contributed by atoms with Gasteiger partial charge in [-0.2, -0.15) is 4.80 Å². The fourth-order valence-corrected chi connectivity index (χ4v) is 6.20. The topological polar surface area (TPSA) is 94.3 Å². The normalized spacial score (nSPS) is 40.6. The Kier molecular flexibility index (Phi) is 3.43. The monoisotopic (exact) mass is 358 g/mol. The third-order valence-corrected chi connectivity index (χ3v) is 6.84. The van der Waals surface area contributed by atoms with E-state index in [1.165, 1.54) is 12.7 Å². The number of rotatable bonds is 4. The average molecular weight is 358 g/mol. The standard InChI is InChI=1S/C18H26N6O2/c1-11(2)14-4-15(26-22-14)16(25)21-17-5-12-3-13(6-17)8-18(7-12,9-17)24-20-10-19-23-24/h10-13,15H,3-9H2,1-2H3,(H,21,25). The number of hydrogen-bond acceptors (Lipinski definition) is 6. The summed E-state index contributed by atoms with van der Waals surface area (Å²) < 4.78 is 0. The lowest BCUT2D eigenvalue weighted by Gasteiger charge is -2.61. The Hall–Kier alpha value is -1.99. The molecule has 3 unspecified atom stereocenters. The molecule has 3 atom stereocenters. The third kappa shape index (κ3) is 2.45. The number of oxime groups is 1. The fourth-order valence-electron chi connectivity index (χ4n) is 6.20. The minimum Gasteiger partial charge on any atom is -0.382 e. The van der Waals surface area contributed by atoms with Crippen molar-refractivity contribution in [3.05, 3.63) is 6.33 Å². The Morgan fingerprint density at radius 3 is 2.69 bits per heavy atom. The Morgan fingerprint density at radius 1 is 1.31 bits per heavy atom. The first-order valence-electron chi connectivity index (χ1n) is 9.75. The van der Waals surface area contributed by atoms with Crippen molar-refractivity contribution in [2.45, 2.75) is 76.0 Å². The van der Waals surface area contributed by atoms with Crippen LogP contribution in [0.3, 0.4) is 0 Å². The molecule has 1 aromatic heterocycles. The van der Waals surface area contributed by atoms with Crippen LogP contribution in [0.1, 0.15) is 58.8 Å². The summed E-state index contributed by atoms with van der Waals surface area (Å²) in [5, 5.41) is 20.0. The summed E-state index contributed by atoms with van der Waals surface area (Å²) in [6.45, 7) is 4.16. The van der Waals surface area contributed by atoms with Crippen LogP contribution >= 0.6 is 0 Å². The molecule has 1 aromatic rings. The van der Waals surface area contributed by atoms with E-state index in [0.29, 0.717) is 24.2 Å².